The van der Waals surface area contributed by atoms with Gasteiger partial charge in [0.15, 0.2) is 12.7 Å². The highest BCUT2D eigenvalue weighted by Crippen LogP contribution is 2.20. The molecule has 1 aliphatic heterocycles. The number of halogens is 3. The third-order valence-corrected chi connectivity index (χ3v) is 2.00. The number of carboxylic acids is 1. The van der Waals surface area contributed by atoms with Crippen molar-refractivity contribution in [1.29, 1.82) is 0 Å². The summed E-state index contributed by atoms with van der Waals surface area (Å²) < 4.78 is 39.8. The molecule has 1 heterocycles. The second-order valence-electron chi connectivity index (χ2n) is 3.40. The Hall–Kier alpha value is -1.35. The summed E-state index contributed by atoms with van der Waals surface area (Å²) in [5.74, 6) is -2.13. The molecule has 0 radical (unpaired) electrons. The summed E-state index contributed by atoms with van der Waals surface area (Å²) in [6.45, 7) is -1.62. The Labute approximate surface area is 93.6 Å². The van der Waals surface area contributed by atoms with E-state index in [2.05, 4.69) is 4.84 Å². The van der Waals surface area contributed by atoms with Gasteiger partial charge in [0.1, 0.15) is 6.10 Å². The maximum Gasteiger partial charge on any atom is 0.414 e. The van der Waals surface area contributed by atoms with Crippen molar-refractivity contribution in [3.8, 4) is 0 Å². The minimum Gasteiger partial charge on any atom is -0.479 e. The highest BCUT2D eigenvalue weighted by Gasteiger charge is 2.35. The van der Waals surface area contributed by atoms with E-state index in [1.807, 2.05) is 0 Å². The number of carbonyl (C=O) groups excluding carboxylic acids is 1. The molecule has 0 aromatic carbocycles. The lowest BCUT2D eigenvalue weighted by Crippen LogP contribution is -2.37. The van der Waals surface area contributed by atoms with Gasteiger partial charge in [0, 0.05) is 0 Å². The Morgan fingerprint density at radius 1 is 1.35 bits per heavy atom. The van der Waals surface area contributed by atoms with E-state index in [4.69, 9.17) is 9.84 Å². The summed E-state index contributed by atoms with van der Waals surface area (Å²) in [6.07, 6.45) is -6.49. The second kappa shape index (κ2) is 5.32. The van der Waals surface area contributed by atoms with Crippen LogP contribution in [0.25, 0.3) is 0 Å². The van der Waals surface area contributed by atoms with Crippen molar-refractivity contribution in [1.82, 2.24) is 5.48 Å². The summed E-state index contributed by atoms with van der Waals surface area (Å²) in [6, 6.07) is 0. The van der Waals surface area contributed by atoms with Crippen LogP contribution in [0.15, 0.2) is 0 Å². The fourth-order valence-corrected chi connectivity index (χ4v) is 1.27. The maximum atomic E-state index is 11.7. The number of amides is 1. The zero-order valence-electron chi connectivity index (χ0n) is 8.49. The number of hydrogen-bond acceptors (Lipinski definition) is 4. The molecule has 1 saturated heterocycles. The van der Waals surface area contributed by atoms with Crippen molar-refractivity contribution in [2.45, 2.75) is 31.2 Å². The van der Waals surface area contributed by atoms with Crippen LogP contribution in [-0.4, -0.2) is 42.0 Å². The predicted molar refractivity (Wildman–Crippen MR) is 45.7 cm³/mol. The third kappa shape index (κ3) is 4.57. The van der Waals surface area contributed by atoms with Crippen LogP contribution in [0.1, 0.15) is 12.8 Å². The van der Waals surface area contributed by atoms with Crippen molar-refractivity contribution in [2.24, 2.45) is 0 Å². The highest BCUT2D eigenvalue weighted by molar-refractivity contribution is 5.81. The monoisotopic (exact) mass is 257 g/mol. The Kier molecular flexibility index (Phi) is 4.29. The molecule has 2 atom stereocenters. The fraction of sp³-hybridized carbons (Fsp3) is 0.750. The zero-order chi connectivity index (χ0) is 13.1. The number of carbonyl (C=O) groups is 2. The Balaban J connectivity index is 2.28. The van der Waals surface area contributed by atoms with Crippen LogP contribution in [-0.2, 0) is 19.2 Å². The van der Waals surface area contributed by atoms with Gasteiger partial charge in [0.25, 0.3) is 5.91 Å². The Morgan fingerprint density at radius 3 is 2.41 bits per heavy atom. The van der Waals surface area contributed by atoms with Crippen molar-refractivity contribution in [3.63, 3.8) is 0 Å². The van der Waals surface area contributed by atoms with E-state index in [9.17, 15) is 22.8 Å². The van der Waals surface area contributed by atoms with Crippen LogP contribution < -0.4 is 5.48 Å². The SMILES string of the molecule is O=C(NOCC(F)(F)F)[C@@H]1CC[C@H](C(=O)O)O1. The van der Waals surface area contributed by atoms with Crippen LogP contribution in [0, 0.1) is 0 Å². The van der Waals surface area contributed by atoms with Crippen molar-refractivity contribution < 1.29 is 37.4 Å². The number of carboxylic acid groups (broad SMARTS) is 1. The van der Waals surface area contributed by atoms with Gasteiger partial charge in [0.05, 0.1) is 0 Å². The van der Waals surface area contributed by atoms with Gasteiger partial charge in [-0.3, -0.25) is 9.63 Å². The largest absolute Gasteiger partial charge is 0.479 e. The van der Waals surface area contributed by atoms with Crippen LogP contribution in [0.5, 0.6) is 0 Å². The molecule has 0 aromatic rings. The van der Waals surface area contributed by atoms with Gasteiger partial charge in [0.2, 0.25) is 0 Å². The minimum atomic E-state index is -4.55. The fourth-order valence-electron chi connectivity index (χ4n) is 1.27. The summed E-state index contributed by atoms with van der Waals surface area (Å²) in [4.78, 5) is 25.6. The standard InChI is InChI=1S/C8H10F3NO5/c9-8(10,11)3-16-12-6(13)4-1-2-5(17-4)7(14)15/h4-5H,1-3H2,(H,12,13)(H,14,15)/t4-,5+/m0/s1. The first-order chi connectivity index (χ1) is 7.79. The van der Waals surface area contributed by atoms with Gasteiger partial charge >= 0.3 is 12.1 Å². The lowest BCUT2D eigenvalue weighted by atomic mass is 10.2. The van der Waals surface area contributed by atoms with Crippen LogP contribution in [0.2, 0.25) is 0 Å². The van der Waals surface area contributed by atoms with Crippen molar-refractivity contribution >= 4 is 11.9 Å². The second-order valence-corrected chi connectivity index (χ2v) is 3.40. The van der Waals surface area contributed by atoms with Gasteiger partial charge in [-0.15, -0.1) is 0 Å². The number of rotatable bonds is 4. The average molecular weight is 257 g/mol. The summed E-state index contributed by atoms with van der Waals surface area (Å²) >= 11 is 0. The molecular weight excluding hydrogens is 247 g/mol. The topological polar surface area (TPSA) is 84.9 Å². The summed E-state index contributed by atoms with van der Waals surface area (Å²) in [5.41, 5.74) is 1.56. The third-order valence-electron chi connectivity index (χ3n) is 2.00. The molecule has 0 spiro atoms. The molecule has 0 unspecified atom stereocenters. The number of hydrogen-bond donors (Lipinski definition) is 2. The Bertz CT molecular complexity index is 306. The van der Waals surface area contributed by atoms with Gasteiger partial charge in [-0.25, -0.2) is 10.3 Å². The molecule has 1 fully saturated rings. The van der Waals surface area contributed by atoms with E-state index >= 15 is 0 Å². The first-order valence-electron chi connectivity index (χ1n) is 4.66. The van der Waals surface area contributed by atoms with Crippen LogP contribution in [0.4, 0.5) is 13.2 Å². The average Bonchev–Trinajstić information content (AvgIpc) is 2.63. The van der Waals surface area contributed by atoms with Crippen LogP contribution >= 0.6 is 0 Å². The molecule has 17 heavy (non-hydrogen) atoms. The molecule has 1 rings (SSSR count). The van der Waals surface area contributed by atoms with E-state index in [1.165, 1.54) is 0 Å². The van der Waals surface area contributed by atoms with Crippen molar-refractivity contribution in [3.05, 3.63) is 0 Å². The van der Waals surface area contributed by atoms with Crippen LogP contribution in [0.3, 0.4) is 0 Å². The molecule has 98 valence electrons. The number of aliphatic carboxylic acids is 1. The molecule has 2 N–H and O–H groups in total. The number of hydroxylamine groups is 1. The lowest BCUT2D eigenvalue weighted by molar-refractivity contribution is -0.194. The molecule has 0 saturated carbocycles. The molecule has 0 aliphatic carbocycles. The number of ether oxygens (including phenoxy) is 1. The van der Waals surface area contributed by atoms with E-state index in [-0.39, 0.29) is 12.8 Å². The molecule has 9 heteroatoms. The lowest BCUT2D eigenvalue weighted by Gasteiger charge is -2.12. The van der Waals surface area contributed by atoms with Crippen molar-refractivity contribution in [2.75, 3.05) is 6.61 Å². The molecule has 6 nitrogen and oxygen atoms in total. The summed E-state index contributed by atoms with van der Waals surface area (Å²) in [7, 11) is 0. The normalized spacial score (nSPS) is 24.6. The number of nitrogens with one attached hydrogen (secondary N) is 1. The number of alkyl halides is 3. The van der Waals surface area contributed by atoms with Gasteiger partial charge in [-0.1, -0.05) is 0 Å². The highest BCUT2D eigenvalue weighted by atomic mass is 19.4. The van der Waals surface area contributed by atoms with E-state index in [0.717, 1.165) is 0 Å². The smallest absolute Gasteiger partial charge is 0.414 e. The van der Waals surface area contributed by atoms with E-state index < -0.39 is 36.9 Å². The molecule has 0 aromatic heterocycles. The molecule has 0 bridgehead atoms. The molecule has 1 amide bonds. The quantitative estimate of drug-likeness (QED) is 0.704. The molecule has 1 aliphatic rings. The van der Waals surface area contributed by atoms with E-state index in [0.29, 0.717) is 0 Å². The van der Waals surface area contributed by atoms with Gasteiger partial charge in [-0.05, 0) is 12.8 Å². The Morgan fingerprint density at radius 2 is 1.94 bits per heavy atom. The van der Waals surface area contributed by atoms with E-state index in [1.54, 1.807) is 5.48 Å². The van der Waals surface area contributed by atoms with Gasteiger partial charge in [-0.2, -0.15) is 13.2 Å². The zero-order valence-corrected chi connectivity index (χ0v) is 8.49. The molecular formula is C8H10F3NO5. The maximum absolute atomic E-state index is 11.7. The first kappa shape index (κ1) is 13.7. The predicted octanol–water partition coefficient (Wildman–Crippen LogP) is 0.229. The minimum absolute atomic E-state index is 0.123. The summed E-state index contributed by atoms with van der Waals surface area (Å²) in [5, 5.41) is 8.56. The van der Waals surface area contributed by atoms with Gasteiger partial charge < -0.3 is 9.84 Å². The first-order valence-corrected chi connectivity index (χ1v) is 4.66.